The molecule has 1 fully saturated rings. The number of aliphatic hydroxyl groups is 1. The zero-order chi connectivity index (χ0) is 13.7. The maximum Gasteiger partial charge on any atom is 0.257 e. The van der Waals surface area contributed by atoms with E-state index in [4.69, 9.17) is 10.8 Å². The smallest absolute Gasteiger partial charge is 0.257 e. The first-order valence-electron chi connectivity index (χ1n) is 6.55. The number of pyridine rings is 1. The van der Waals surface area contributed by atoms with E-state index >= 15 is 0 Å². The van der Waals surface area contributed by atoms with E-state index in [0.717, 1.165) is 26.1 Å². The maximum atomic E-state index is 12.4. The molecule has 1 saturated heterocycles. The van der Waals surface area contributed by atoms with Gasteiger partial charge in [0.15, 0.2) is 0 Å². The number of hydrogen-bond acceptors (Lipinski definition) is 5. The van der Waals surface area contributed by atoms with E-state index in [0.29, 0.717) is 18.7 Å². The molecule has 1 aliphatic heterocycles. The topological polar surface area (TPSA) is 82.7 Å². The van der Waals surface area contributed by atoms with Crippen molar-refractivity contribution in [3.63, 3.8) is 0 Å². The molecule has 2 heterocycles. The van der Waals surface area contributed by atoms with Gasteiger partial charge in [-0.05, 0) is 25.1 Å². The number of nitrogens with two attached hydrogens (primary N) is 1. The van der Waals surface area contributed by atoms with Crippen molar-refractivity contribution in [3.8, 4) is 0 Å². The van der Waals surface area contributed by atoms with Crippen LogP contribution in [0, 0.1) is 0 Å². The number of hydrogen-bond donors (Lipinski definition) is 2. The van der Waals surface area contributed by atoms with Crippen LogP contribution in [0.1, 0.15) is 16.8 Å². The Morgan fingerprint density at radius 1 is 1.37 bits per heavy atom. The average molecular weight is 264 g/mol. The molecule has 0 spiro atoms. The van der Waals surface area contributed by atoms with Crippen LogP contribution in [-0.4, -0.2) is 65.1 Å². The van der Waals surface area contributed by atoms with Crippen LogP contribution in [0.3, 0.4) is 0 Å². The average Bonchev–Trinajstić information content (AvgIpc) is 2.65. The first kappa shape index (κ1) is 13.8. The third kappa shape index (κ3) is 3.42. The van der Waals surface area contributed by atoms with Gasteiger partial charge >= 0.3 is 0 Å². The Hall–Kier alpha value is -1.66. The van der Waals surface area contributed by atoms with Gasteiger partial charge in [-0.1, -0.05) is 0 Å². The Labute approximate surface area is 112 Å². The van der Waals surface area contributed by atoms with Gasteiger partial charge in [-0.3, -0.25) is 9.69 Å². The van der Waals surface area contributed by atoms with E-state index < -0.39 is 0 Å². The van der Waals surface area contributed by atoms with Crippen molar-refractivity contribution < 1.29 is 9.90 Å². The summed E-state index contributed by atoms with van der Waals surface area (Å²) >= 11 is 0. The molecule has 0 unspecified atom stereocenters. The highest BCUT2D eigenvalue weighted by Crippen LogP contribution is 2.13. The Kier molecular flexibility index (Phi) is 4.70. The Balaban J connectivity index is 2.02. The van der Waals surface area contributed by atoms with Crippen molar-refractivity contribution in [3.05, 3.63) is 23.9 Å². The standard InChI is InChI=1S/C13H20N4O2/c14-12-11(3-1-4-15-12)13(19)17-6-2-5-16(7-8-17)9-10-18/h1,3-4,18H,2,5-10H2,(H2,14,15). The molecule has 0 aromatic carbocycles. The number of carbonyl (C=O) groups excluding carboxylic acids is 1. The number of aliphatic hydroxyl groups excluding tert-OH is 1. The first-order chi connectivity index (χ1) is 9.22. The zero-order valence-electron chi connectivity index (χ0n) is 11.0. The van der Waals surface area contributed by atoms with Gasteiger partial charge in [-0.15, -0.1) is 0 Å². The van der Waals surface area contributed by atoms with Gasteiger partial charge in [0, 0.05) is 32.4 Å². The molecule has 104 valence electrons. The summed E-state index contributed by atoms with van der Waals surface area (Å²) < 4.78 is 0. The minimum atomic E-state index is -0.0588. The molecule has 1 amide bonds. The van der Waals surface area contributed by atoms with E-state index in [1.54, 1.807) is 18.3 Å². The molecule has 0 bridgehead atoms. The van der Waals surface area contributed by atoms with Crippen LogP contribution in [0.4, 0.5) is 5.82 Å². The Bertz CT molecular complexity index is 438. The van der Waals surface area contributed by atoms with Crippen molar-refractivity contribution in [1.29, 1.82) is 0 Å². The zero-order valence-corrected chi connectivity index (χ0v) is 11.0. The van der Waals surface area contributed by atoms with Gasteiger partial charge in [0.05, 0.1) is 12.2 Å². The molecule has 19 heavy (non-hydrogen) atoms. The predicted octanol–water partition coefficient (Wildman–Crippen LogP) is -0.196. The molecule has 0 saturated carbocycles. The van der Waals surface area contributed by atoms with Gasteiger partial charge < -0.3 is 15.7 Å². The predicted molar refractivity (Wildman–Crippen MR) is 72.7 cm³/mol. The van der Waals surface area contributed by atoms with Crippen LogP contribution >= 0.6 is 0 Å². The number of nitrogen functional groups attached to an aromatic ring is 1. The number of anilines is 1. The lowest BCUT2D eigenvalue weighted by Gasteiger charge is -2.21. The van der Waals surface area contributed by atoms with E-state index in [-0.39, 0.29) is 18.3 Å². The number of rotatable bonds is 3. The number of nitrogens with zero attached hydrogens (tertiary/aromatic N) is 3. The highest BCUT2D eigenvalue weighted by molar-refractivity contribution is 5.98. The molecule has 0 aliphatic carbocycles. The molecule has 2 rings (SSSR count). The second-order valence-corrected chi connectivity index (χ2v) is 4.65. The molecule has 1 aromatic heterocycles. The molecule has 0 radical (unpaired) electrons. The van der Waals surface area contributed by atoms with E-state index in [1.165, 1.54) is 0 Å². The summed E-state index contributed by atoms with van der Waals surface area (Å²) in [5, 5.41) is 8.95. The normalized spacial score (nSPS) is 17.2. The molecule has 3 N–H and O–H groups in total. The fourth-order valence-corrected chi connectivity index (χ4v) is 2.31. The SMILES string of the molecule is Nc1ncccc1C(=O)N1CCCN(CCO)CC1. The summed E-state index contributed by atoms with van der Waals surface area (Å²) in [7, 11) is 0. The summed E-state index contributed by atoms with van der Waals surface area (Å²) in [5.74, 6) is 0.223. The second kappa shape index (κ2) is 6.49. The van der Waals surface area contributed by atoms with E-state index in [1.807, 2.05) is 4.90 Å². The Morgan fingerprint density at radius 2 is 2.21 bits per heavy atom. The largest absolute Gasteiger partial charge is 0.395 e. The Morgan fingerprint density at radius 3 is 2.95 bits per heavy atom. The molecule has 0 atom stereocenters. The van der Waals surface area contributed by atoms with E-state index in [2.05, 4.69) is 9.88 Å². The summed E-state index contributed by atoms with van der Waals surface area (Å²) in [4.78, 5) is 20.3. The van der Waals surface area contributed by atoms with Crippen LogP contribution in [0.2, 0.25) is 0 Å². The van der Waals surface area contributed by atoms with Crippen molar-refractivity contribution in [2.75, 3.05) is 45.1 Å². The highest BCUT2D eigenvalue weighted by atomic mass is 16.3. The molecular weight excluding hydrogens is 244 g/mol. The maximum absolute atomic E-state index is 12.4. The highest BCUT2D eigenvalue weighted by Gasteiger charge is 2.21. The van der Waals surface area contributed by atoms with Crippen molar-refractivity contribution in [2.45, 2.75) is 6.42 Å². The quantitative estimate of drug-likeness (QED) is 0.790. The van der Waals surface area contributed by atoms with Gasteiger partial charge in [-0.25, -0.2) is 4.98 Å². The van der Waals surface area contributed by atoms with Crippen LogP contribution < -0.4 is 5.73 Å². The lowest BCUT2D eigenvalue weighted by Crippen LogP contribution is -2.36. The summed E-state index contributed by atoms with van der Waals surface area (Å²) in [6, 6.07) is 3.43. The first-order valence-corrected chi connectivity index (χ1v) is 6.55. The monoisotopic (exact) mass is 264 g/mol. The molecule has 1 aliphatic rings. The fourth-order valence-electron chi connectivity index (χ4n) is 2.31. The van der Waals surface area contributed by atoms with E-state index in [9.17, 15) is 4.79 Å². The van der Waals surface area contributed by atoms with Crippen LogP contribution in [-0.2, 0) is 0 Å². The third-order valence-corrected chi connectivity index (χ3v) is 3.36. The summed E-state index contributed by atoms with van der Waals surface area (Å²) in [5.41, 5.74) is 6.21. The third-order valence-electron chi connectivity index (χ3n) is 3.36. The molecule has 6 heteroatoms. The summed E-state index contributed by atoms with van der Waals surface area (Å²) in [6.45, 7) is 3.89. The van der Waals surface area contributed by atoms with Gasteiger partial charge in [0.1, 0.15) is 5.82 Å². The number of carbonyl (C=O) groups is 1. The molecule has 6 nitrogen and oxygen atoms in total. The van der Waals surface area contributed by atoms with Crippen molar-refractivity contribution >= 4 is 11.7 Å². The van der Waals surface area contributed by atoms with Crippen LogP contribution in [0.5, 0.6) is 0 Å². The number of β-amino-alcohol motifs (C(OH)–C–C–N with tert-alkyl or cyclic N) is 1. The van der Waals surface area contributed by atoms with Gasteiger partial charge in [0.25, 0.3) is 5.91 Å². The van der Waals surface area contributed by atoms with Crippen LogP contribution in [0.25, 0.3) is 0 Å². The minimum absolute atomic E-state index is 0.0588. The van der Waals surface area contributed by atoms with Crippen molar-refractivity contribution in [2.24, 2.45) is 0 Å². The fraction of sp³-hybridized carbons (Fsp3) is 0.538. The number of aromatic nitrogens is 1. The van der Waals surface area contributed by atoms with Crippen molar-refractivity contribution in [1.82, 2.24) is 14.8 Å². The second-order valence-electron chi connectivity index (χ2n) is 4.65. The van der Waals surface area contributed by atoms with Gasteiger partial charge in [-0.2, -0.15) is 0 Å². The van der Waals surface area contributed by atoms with Gasteiger partial charge in [0.2, 0.25) is 0 Å². The lowest BCUT2D eigenvalue weighted by molar-refractivity contribution is 0.0761. The molecular formula is C13H20N4O2. The number of amides is 1. The molecule has 1 aromatic rings. The lowest BCUT2D eigenvalue weighted by atomic mass is 10.2. The van der Waals surface area contributed by atoms with Crippen LogP contribution in [0.15, 0.2) is 18.3 Å². The minimum Gasteiger partial charge on any atom is -0.395 e. The summed E-state index contributed by atoms with van der Waals surface area (Å²) in [6.07, 6.45) is 2.49.